The summed E-state index contributed by atoms with van der Waals surface area (Å²) >= 11 is -1.00. The molecule has 0 aromatic rings. The van der Waals surface area contributed by atoms with Gasteiger partial charge < -0.3 is 4.84 Å². The smallest absolute Gasteiger partial charge is 0.330 e. The molecule has 100 valence electrons. The number of halogens is 1. The van der Waals surface area contributed by atoms with Crippen molar-refractivity contribution >= 4 is 39.0 Å². The molecule has 7 heteroatoms. The molecule has 0 atom stereocenters. The zero-order valence-corrected chi connectivity index (χ0v) is 11.9. The van der Waals surface area contributed by atoms with Gasteiger partial charge in [0.15, 0.2) is 0 Å². The minimum Gasteiger partial charge on any atom is -0.330 e. The lowest BCUT2D eigenvalue weighted by Gasteiger charge is -2.24. The van der Waals surface area contributed by atoms with Gasteiger partial charge in [0.2, 0.25) is 0 Å². The van der Waals surface area contributed by atoms with Crippen LogP contribution < -0.4 is 0 Å². The SMILES string of the molecule is O=IC1CCC(C(=O)ON2C(=O)CCC2=O)CC1. The van der Waals surface area contributed by atoms with Gasteiger partial charge >= 0.3 is 5.97 Å². The van der Waals surface area contributed by atoms with Crippen LogP contribution >= 0.6 is 21.2 Å². The Hall–Kier alpha value is -0.860. The highest BCUT2D eigenvalue weighted by atomic mass is 127. The number of nitrogens with zero attached hydrogens (tertiary/aromatic N) is 1. The van der Waals surface area contributed by atoms with Gasteiger partial charge in [0, 0.05) is 16.8 Å². The highest BCUT2D eigenvalue weighted by molar-refractivity contribution is 14.1. The van der Waals surface area contributed by atoms with Crippen LogP contribution in [0.3, 0.4) is 0 Å². The van der Waals surface area contributed by atoms with Crippen molar-refractivity contribution in [2.45, 2.75) is 42.4 Å². The van der Waals surface area contributed by atoms with Crippen LogP contribution in [0.2, 0.25) is 0 Å². The molecule has 6 nitrogen and oxygen atoms in total. The first-order valence-electron chi connectivity index (χ1n) is 5.95. The fourth-order valence-electron chi connectivity index (χ4n) is 2.20. The third-order valence-corrected chi connectivity index (χ3v) is 5.27. The Morgan fingerprint density at radius 3 is 2.17 bits per heavy atom. The van der Waals surface area contributed by atoms with E-state index in [4.69, 9.17) is 4.84 Å². The highest BCUT2D eigenvalue weighted by Gasteiger charge is 2.36. The van der Waals surface area contributed by atoms with E-state index in [0.29, 0.717) is 17.9 Å². The summed E-state index contributed by atoms with van der Waals surface area (Å²) < 4.78 is 11.1. The van der Waals surface area contributed by atoms with E-state index in [-0.39, 0.29) is 22.7 Å². The fraction of sp³-hybridized carbons (Fsp3) is 0.727. The molecule has 2 amide bonds. The predicted molar refractivity (Wildman–Crippen MR) is 67.6 cm³/mol. The van der Waals surface area contributed by atoms with Crippen LogP contribution in [0, 0.1) is 5.92 Å². The zero-order chi connectivity index (χ0) is 13.1. The maximum Gasteiger partial charge on any atom is 0.336 e. The van der Waals surface area contributed by atoms with Gasteiger partial charge in [-0.3, -0.25) is 12.7 Å². The van der Waals surface area contributed by atoms with Crippen LogP contribution in [0.15, 0.2) is 0 Å². The van der Waals surface area contributed by atoms with Gasteiger partial charge in [-0.2, -0.15) is 0 Å². The molecule has 2 aliphatic rings. The molecule has 0 aromatic carbocycles. The molecule has 1 aliphatic carbocycles. The molecule has 2 rings (SSSR count). The zero-order valence-electron chi connectivity index (χ0n) is 9.76. The first-order chi connectivity index (χ1) is 8.61. The Labute approximate surface area is 115 Å². The molecular weight excluding hydrogens is 353 g/mol. The molecule has 0 bridgehead atoms. The van der Waals surface area contributed by atoms with E-state index < -0.39 is 39.0 Å². The van der Waals surface area contributed by atoms with Gasteiger partial charge in [0.1, 0.15) is 21.2 Å². The van der Waals surface area contributed by atoms with Crippen molar-refractivity contribution in [1.82, 2.24) is 5.06 Å². The molecule has 0 unspecified atom stereocenters. The van der Waals surface area contributed by atoms with Crippen molar-refractivity contribution in [1.29, 1.82) is 0 Å². The van der Waals surface area contributed by atoms with E-state index in [2.05, 4.69) is 0 Å². The summed E-state index contributed by atoms with van der Waals surface area (Å²) in [5, 5.41) is 0.592. The molecule has 0 N–H and O–H groups in total. The van der Waals surface area contributed by atoms with Gasteiger partial charge in [-0.1, -0.05) is 0 Å². The molecule has 18 heavy (non-hydrogen) atoms. The average Bonchev–Trinajstić information content (AvgIpc) is 2.70. The summed E-state index contributed by atoms with van der Waals surface area (Å²) in [4.78, 5) is 39.3. The Balaban J connectivity index is 1.87. The summed E-state index contributed by atoms with van der Waals surface area (Å²) in [6, 6.07) is 0. The minimum atomic E-state index is -1.00. The molecule has 0 aromatic heterocycles. The summed E-state index contributed by atoms with van der Waals surface area (Å²) in [6.45, 7) is 0. The van der Waals surface area contributed by atoms with Crippen molar-refractivity contribution in [3.63, 3.8) is 0 Å². The van der Waals surface area contributed by atoms with Crippen molar-refractivity contribution in [2.24, 2.45) is 5.92 Å². The Morgan fingerprint density at radius 1 is 1.11 bits per heavy atom. The van der Waals surface area contributed by atoms with Crippen LogP contribution in [-0.4, -0.2) is 26.8 Å². The third-order valence-electron chi connectivity index (χ3n) is 3.30. The maximum absolute atomic E-state index is 11.8. The maximum atomic E-state index is 11.8. The van der Waals surface area contributed by atoms with Crippen LogP contribution in [0.1, 0.15) is 38.5 Å². The highest BCUT2D eigenvalue weighted by Crippen LogP contribution is 2.32. The van der Waals surface area contributed by atoms with Crippen LogP contribution in [0.4, 0.5) is 0 Å². The van der Waals surface area contributed by atoms with Gasteiger partial charge in [-0.25, -0.2) is 4.79 Å². The van der Waals surface area contributed by atoms with Gasteiger partial charge in [-0.05, 0) is 25.7 Å². The second-order valence-electron chi connectivity index (χ2n) is 4.53. The lowest BCUT2D eigenvalue weighted by molar-refractivity contribution is -0.201. The molecule has 0 radical (unpaired) electrons. The van der Waals surface area contributed by atoms with E-state index in [0.717, 1.165) is 12.8 Å². The number of carbonyl (C=O) groups is 3. The first-order valence-corrected chi connectivity index (χ1v) is 8.07. The number of imide groups is 1. The quantitative estimate of drug-likeness (QED) is 0.429. The number of amides is 2. The van der Waals surface area contributed by atoms with Crippen LogP contribution in [0.25, 0.3) is 0 Å². The Bertz CT molecular complexity index is 373. The van der Waals surface area contributed by atoms with E-state index >= 15 is 0 Å². The lowest BCUT2D eigenvalue weighted by atomic mass is 9.89. The molecule has 1 saturated heterocycles. The summed E-state index contributed by atoms with van der Waals surface area (Å²) in [7, 11) is 0. The largest absolute Gasteiger partial charge is 0.336 e. The Kier molecular flexibility index (Phi) is 4.41. The van der Waals surface area contributed by atoms with E-state index in [1.165, 1.54) is 0 Å². The van der Waals surface area contributed by atoms with Crippen molar-refractivity contribution in [3.05, 3.63) is 0 Å². The number of hydrogen-bond acceptors (Lipinski definition) is 5. The first kappa shape index (κ1) is 13.6. The number of alkyl halides is 1. The van der Waals surface area contributed by atoms with Crippen molar-refractivity contribution in [3.8, 4) is 0 Å². The van der Waals surface area contributed by atoms with Gasteiger partial charge in [0.05, 0.1) is 5.92 Å². The number of hydrogen-bond donors (Lipinski definition) is 0. The van der Waals surface area contributed by atoms with E-state index in [9.17, 15) is 17.5 Å². The number of hydroxylamine groups is 2. The van der Waals surface area contributed by atoms with E-state index in [1.807, 2.05) is 0 Å². The minimum absolute atomic E-state index is 0.111. The number of rotatable bonds is 3. The average molecular weight is 367 g/mol. The number of carbonyl (C=O) groups excluding carboxylic acids is 3. The predicted octanol–water partition coefficient (Wildman–Crippen LogP) is 1.47. The molecule has 2 fully saturated rings. The monoisotopic (exact) mass is 367 g/mol. The van der Waals surface area contributed by atoms with Gasteiger partial charge in [-0.15, -0.1) is 5.06 Å². The fourth-order valence-corrected chi connectivity index (χ4v) is 3.43. The molecule has 1 heterocycles. The molecule has 0 spiro atoms. The standard InChI is InChI=1S/C11H14INO5/c14-9-5-6-10(15)13(9)18-11(16)7-1-3-8(12-17)4-2-7/h7-8H,1-6H2. The molecular formula is C11H14INO5. The van der Waals surface area contributed by atoms with E-state index in [1.54, 1.807) is 0 Å². The summed E-state index contributed by atoms with van der Waals surface area (Å²) in [6.07, 6.45) is 3.00. The van der Waals surface area contributed by atoms with Crippen molar-refractivity contribution < 1.29 is 22.3 Å². The summed E-state index contributed by atoms with van der Waals surface area (Å²) in [5.41, 5.74) is 0. The summed E-state index contributed by atoms with van der Waals surface area (Å²) in [5.74, 6) is -1.70. The second-order valence-corrected chi connectivity index (χ2v) is 6.80. The van der Waals surface area contributed by atoms with Crippen molar-refractivity contribution in [2.75, 3.05) is 0 Å². The molecule has 1 aliphatic heterocycles. The Morgan fingerprint density at radius 2 is 1.67 bits per heavy atom. The van der Waals surface area contributed by atoms with Gasteiger partial charge in [0.25, 0.3) is 11.8 Å². The molecule has 1 saturated carbocycles. The van der Waals surface area contributed by atoms with Crippen LogP contribution in [0.5, 0.6) is 0 Å². The topological polar surface area (TPSA) is 80.8 Å². The van der Waals surface area contributed by atoms with Crippen LogP contribution in [-0.2, 0) is 22.3 Å². The third kappa shape index (κ3) is 2.93. The second kappa shape index (κ2) is 5.85. The normalized spacial score (nSPS) is 28.6. The lowest BCUT2D eigenvalue weighted by Crippen LogP contribution is -2.35.